The van der Waals surface area contributed by atoms with Gasteiger partial charge in [-0.3, -0.25) is 9.59 Å². The van der Waals surface area contributed by atoms with Crippen molar-refractivity contribution in [3.05, 3.63) is 97.2 Å². The van der Waals surface area contributed by atoms with Crippen LogP contribution in [0.25, 0.3) is 0 Å². The van der Waals surface area contributed by atoms with Gasteiger partial charge in [-0.25, -0.2) is 0 Å². The highest BCUT2D eigenvalue weighted by Gasteiger charge is 2.24. The van der Waals surface area contributed by atoms with Gasteiger partial charge < -0.3 is 20.3 Å². The lowest BCUT2D eigenvalue weighted by Crippen LogP contribution is -2.46. The molecule has 0 rings (SSSR count). The predicted molar refractivity (Wildman–Crippen MR) is 268 cm³/mol. The minimum atomic E-state index is -0.809. The molecule has 6 nitrogen and oxygen atoms in total. The second-order valence-electron chi connectivity index (χ2n) is 16.9. The Hall–Kier alpha value is -3.22. The zero-order chi connectivity index (χ0) is 45.2. The maximum absolute atomic E-state index is 13.2. The lowest BCUT2D eigenvalue weighted by atomic mass is 10.0. The second kappa shape index (κ2) is 48.8. The van der Waals surface area contributed by atoms with Gasteiger partial charge in [-0.1, -0.05) is 214 Å². The minimum Gasteiger partial charge on any atom is -0.462 e. The van der Waals surface area contributed by atoms with Crippen LogP contribution in [0.3, 0.4) is 0 Å². The SMILES string of the molecule is CC/C=C/C/C=C/C/C=C/C/C=C/CCCCCC(=O)OC(CCCCC/C=C/C=C/C=C/C=C/CCCCC)CC(=O)NC(CO)C(O)CCCCCCCCCCCCC. The molecule has 0 aliphatic heterocycles. The number of aliphatic hydroxyl groups is 2. The number of ether oxygens (including phenoxy) is 1. The zero-order valence-electron chi connectivity index (χ0n) is 40.2. The Balaban J connectivity index is 4.77. The van der Waals surface area contributed by atoms with Crippen molar-refractivity contribution in [3.8, 4) is 0 Å². The molecule has 354 valence electrons. The number of amides is 1. The van der Waals surface area contributed by atoms with E-state index in [1.165, 1.54) is 70.6 Å². The molecule has 3 unspecified atom stereocenters. The fourth-order valence-electron chi connectivity index (χ4n) is 7.14. The summed E-state index contributed by atoms with van der Waals surface area (Å²) in [6.45, 7) is 6.29. The van der Waals surface area contributed by atoms with Crippen LogP contribution in [0.15, 0.2) is 97.2 Å². The Bertz CT molecular complexity index is 1240. The smallest absolute Gasteiger partial charge is 0.306 e. The summed E-state index contributed by atoms with van der Waals surface area (Å²) in [6, 6.07) is -0.726. The van der Waals surface area contributed by atoms with Crippen LogP contribution in [0.2, 0.25) is 0 Å². The van der Waals surface area contributed by atoms with E-state index in [2.05, 4.69) is 111 Å². The van der Waals surface area contributed by atoms with Crippen molar-refractivity contribution in [1.82, 2.24) is 5.32 Å². The topological polar surface area (TPSA) is 95.9 Å². The van der Waals surface area contributed by atoms with E-state index in [1.807, 2.05) is 12.2 Å². The molecule has 0 aromatic carbocycles. The van der Waals surface area contributed by atoms with Crippen molar-refractivity contribution in [3.63, 3.8) is 0 Å². The summed E-state index contributed by atoms with van der Waals surface area (Å²) >= 11 is 0. The number of carbonyl (C=O) groups is 2. The number of rotatable bonds is 44. The summed E-state index contributed by atoms with van der Waals surface area (Å²) in [7, 11) is 0. The van der Waals surface area contributed by atoms with Crippen molar-refractivity contribution in [1.29, 1.82) is 0 Å². The molecule has 0 saturated heterocycles. The number of allylic oxidation sites excluding steroid dienone is 16. The molecule has 0 heterocycles. The molecule has 0 aliphatic carbocycles. The van der Waals surface area contributed by atoms with Gasteiger partial charge in [0.25, 0.3) is 0 Å². The van der Waals surface area contributed by atoms with Crippen LogP contribution in [0.1, 0.15) is 220 Å². The number of hydrogen-bond acceptors (Lipinski definition) is 5. The lowest BCUT2D eigenvalue weighted by Gasteiger charge is -2.24. The summed E-state index contributed by atoms with van der Waals surface area (Å²) in [5.41, 5.74) is 0. The fourth-order valence-corrected chi connectivity index (χ4v) is 7.14. The molecule has 1 amide bonds. The van der Waals surface area contributed by atoms with Gasteiger partial charge in [-0.2, -0.15) is 0 Å². The molecular formula is C56H95NO5. The molecule has 0 saturated carbocycles. The summed E-state index contributed by atoms with van der Waals surface area (Å²) in [4.78, 5) is 26.1. The molecule has 0 fully saturated rings. The van der Waals surface area contributed by atoms with Gasteiger partial charge in [0.15, 0.2) is 0 Å². The molecule has 0 radical (unpaired) electrons. The number of hydrogen-bond donors (Lipinski definition) is 3. The highest BCUT2D eigenvalue weighted by Crippen LogP contribution is 2.17. The molecular weight excluding hydrogens is 767 g/mol. The van der Waals surface area contributed by atoms with Crippen LogP contribution in [0.4, 0.5) is 0 Å². The number of carbonyl (C=O) groups excluding carboxylic acids is 2. The first-order valence-electron chi connectivity index (χ1n) is 25.5. The van der Waals surface area contributed by atoms with E-state index in [0.717, 1.165) is 103 Å². The van der Waals surface area contributed by atoms with Gasteiger partial charge in [0.1, 0.15) is 6.10 Å². The van der Waals surface area contributed by atoms with Gasteiger partial charge in [0.2, 0.25) is 5.91 Å². The first kappa shape index (κ1) is 58.8. The summed E-state index contributed by atoms with van der Waals surface area (Å²) < 4.78 is 5.90. The quantitative estimate of drug-likeness (QED) is 0.0245. The van der Waals surface area contributed by atoms with Crippen molar-refractivity contribution >= 4 is 11.9 Å². The average Bonchev–Trinajstić information content (AvgIpc) is 3.26. The third-order valence-corrected chi connectivity index (χ3v) is 11.0. The Labute approximate surface area is 382 Å². The van der Waals surface area contributed by atoms with Crippen LogP contribution in [0, 0.1) is 0 Å². The van der Waals surface area contributed by atoms with E-state index >= 15 is 0 Å². The lowest BCUT2D eigenvalue weighted by molar-refractivity contribution is -0.151. The van der Waals surface area contributed by atoms with Gasteiger partial charge in [0.05, 0.1) is 25.2 Å². The monoisotopic (exact) mass is 862 g/mol. The van der Waals surface area contributed by atoms with Crippen LogP contribution in [-0.2, 0) is 14.3 Å². The highest BCUT2D eigenvalue weighted by molar-refractivity contribution is 5.77. The van der Waals surface area contributed by atoms with E-state index < -0.39 is 18.2 Å². The Morgan fingerprint density at radius 2 is 0.935 bits per heavy atom. The fraction of sp³-hybridized carbons (Fsp3) is 0.679. The van der Waals surface area contributed by atoms with Crippen LogP contribution in [-0.4, -0.2) is 46.9 Å². The van der Waals surface area contributed by atoms with Crippen molar-refractivity contribution in [2.75, 3.05) is 6.61 Å². The van der Waals surface area contributed by atoms with E-state index in [-0.39, 0.29) is 24.9 Å². The first-order valence-corrected chi connectivity index (χ1v) is 25.5. The summed E-state index contributed by atoms with van der Waals surface area (Å²) in [5.74, 6) is -0.557. The summed E-state index contributed by atoms with van der Waals surface area (Å²) in [5, 5.41) is 23.7. The average molecular weight is 862 g/mol. The standard InChI is InChI=1S/C56H95NO5/c1-4-7-10-13-16-19-22-24-26-28-30-33-35-38-41-44-47-52(62-56(61)49-46-43-40-37-34-31-29-27-25-23-20-17-14-11-8-5-2)50-55(60)57-53(51-58)54(59)48-45-42-39-36-32-21-18-15-12-9-6-3/h8,11,16-17,19-20,22,24-28,30-31,33-34,52-54,58-59H,4-7,9-10,12-15,18,21,23,29,32,35-51H2,1-3H3,(H,57,60)/b11-8+,19-16+,20-17+,24-22+,27-25+,28-26+,33-30+,34-31+. The molecule has 0 bridgehead atoms. The van der Waals surface area contributed by atoms with E-state index in [4.69, 9.17) is 4.74 Å². The van der Waals surface area contributed by atoms with E-state index in [1.54, 1.807) is 0 Å². The van der Waals surface area contributed by atoms with Crippen LogP contribution < -0.4 is 5.32 Å². The van der Waals surface area contributed by atoms with E-state index in [0.29, 0.717) is 19.3 Å². The zero-order valence-corrected chi connectivity index (χ0v) is 40.2. The second-order valence-corrected chi connectivity index (χ2v) is 16.9. The largest absolute Gasteiger partial charge is 0.462 e. The molecule has 0 spiro atoms. The Morgan fingerprint density at radius 1 is 0.500 bits per heavy atom. The first-order chi connectivity index (χ1) is 30.5. The third-order valence-electron chi connectivity index (χ3n) is 11.0. The number of aliphatic hydroxyl groups excluding tert-OH is 2. The van der Waals surface area contributed by atoms with Crippen LogP contribution in [0.5, 0.6) is 0 Å². The van der Waals surface area contributed by atoms with Gasteiger partial charge in [0, 0.05) is 6.42 Å². The minimum absolute atomic E-state index is 0.0331. The molecule has 3 N–H and O–H groups in total. The summed E-state index contributed by atoms with van der Waals surface area (Å²) in [6.07, 6.45) is 64.6. The van der Waals surface area contributed by atoms with Crippen molar-refractivity contribution in [2.24, 2.45) is 0 Å². The molecule has 0 aromatic heterocycles. The molecule has 62 heavy (non-hydrogen) atoms. The van der Waals surface area contributed by atoms with Gasteiger partial charge in [-0.15, -0.1) is 0 Å². The van der Waals surface area contributed by atoms with Crippen molar-refractivity contribution < 1.29 is 24.5 Å². The molecule has 6 heteroatoms. The normalized spacial score (nSPS) is 14.1. The Kier molecular flexibility index (Phi) is 46.3. The maximum atomic E-state index is 13.2. The van der Waals surface area contributed by atoms with Gasteiger partial charge in [-0.05, 0) is 89.9 Å². The van der Waals surface area contributed by atoms with E-state index in [9.17, 15) is 19.8 Å². The number of unbranched alkanes of at least 4 members (excludes halogenated alkanes) is 19. The van der Waals surface area contributed by atoms with Crippen LogP contribution >= 0.6 is 0 Å². The van der Waals surface area contributed by atoms with Gasteiger partial charge >= 0.3 is 5.97 Å². The third kappa shape index (κ3) is 43.4. The molecule has 3 atom stereocenters. The number of esters is 1. The van der Waals surface area contributed by atoms with Crippen molar-refractivity contribution in [2.45, 2.75) is 238 Å². The molecule has 0 aromatic rings. The Morgan fingerprint density at radius 3 is 1.50 bits per heavy atom. The predicted octanol–water partition coefficient (Wildman–Crippen LogP) is 15.3. The number of nitrogens with one attached hydrogen (secondary N) is 1. The highest BCUT2D eigenvalue weighted by atomic mass is 16.5. The molecule has 0 aliphatic rings. The maximum Gasteiger partial charge on any atom is 0.306 e.